The molecule has 3 nitrogen and oxygen atoms in total. The Balaban J connectivity index is 2.06. The van der Waals surface area contributed by atoms with E-state index >= 15 is 0 Å². The Morgan fingerprint density at radius 2 is 1.89 bits per heavy atom. The van der Waals surface area contributed by atoms with E-state index in [4.69, 9.17) is 0 Å². The summed E-state index contributed by atoms with van der Waals surface area (Å²) >= 11 is 1.59. The molecule has 0 fully saturated rings. The SMILES string of the molecule is CCCCN1C(=O)c2cc3ccsc3cc2C1=O. The van der Waals surface area contributed by atoms with E-state index in [0.717, 1.165) is 22.9 Å². The lowest BCUT2D eigenvalue weighted by molar-refractivity contribution is 0.0652. The Morgan fingerprint density at radius 3 is 2.61 bits per heavy atom. The smallest absolute Gasteiger partial charge is 0.261 e. The van der Waals surface area contributed by atoms with Gasteiger partial charge in [0, 0.05) is 11.2 Å². The molecule has 0 N–H and O–H groups in total. The monoisotopic (exact) mass is 259 g/mol. The fourth-order valence-electron chi connectivity index (χ4n) is 2.27. The summed E-state index contributed by atoms with van der Waals surface area (Å²) in [6.45, 7) is 2.57. The lowest BCUT2D eigenvalue weighted by atomic mass is 10.1. The standard InChI is InChI=1S/C14H13NO2S/c1-2-3-5-15-13(16)10-7-9-4-6-18-12(9)8-11(10)14(15)17/h4,6-8H,2-3,5H2,1H3. The summed E-state index contributed by atoms with van der Waals surface area (Å²) in [6, 6.07) is 5.67. The maximum absolute atomic E-state index is 12.2. The van der Waals surface area contributed by atoms with Gasteiger partial charge in [-0.05, 0) is 35.4 Å². The highest BCUT2D eigenvalue weighted by Gasteiger charge is 2.35. The van der Waals surface area contributed by atoms with Gasteiger partial charge in [-0.2, -0.15) is 0 Å². The number of carbonyl (C=O) groups excluding carboxylic acids is 2. The fourth-order valence-corrected chi connectivity index (χ4v) is 3.08. The van der Waals surface area contributed by atoms with Gasteiger partial charge in [-0.25, -0.2) is 0 Å². The molecule has 0 radical (unpaired) electrons. The van der Waals surface area contributed by atoms with Gasteiger partial charge in [0.05, 0.1) is 11.1 Å². The van der Waals surface area contributed by atoms with Crippen molar-refractivity contribution in [2.75, 3.05) is 6.54 Å². The number of thiophene rings is 1. The first kappa shape index (κ1) is 11.4. The normalized spacial score (nSPS) is 14.6. The third-order valence-electron chi connectivity index (χ3n) is 3.28. The second kappa shape index (κ2) is 4.21. The number of benzene rings is 1. The molecular formula is C14H13NO2S. The summed E-state index contributed by atoms with van der Waals surface area (Å²) in [7, 11) is 0. The van der Waals surface area contributed by atoms with E-state index < -0.39 is 0 Å². The molecule has 2 amide bonds. The number of hydrogen-bond acceptors (Lipinski definition) is 3. The van der Waals surface area contributed by atoms with Gasteiger partial charge in [-0.3, -0.25) is 14.5 Å². The Bertz CT molecular complexity index is 594. The van der Waals surface area contributed by atoms with Gasteiger partial charge in [-0.1, -0.05) is 13.3 Å². The van der Waals surface area contributed by atoms with Crippen LogP contribution in [0, 0.1) is 0 Å². The van der Waals surface area contributed by atoms with E-state index in [-0.39, 0.29) is 11.8 Å². The summed E-state index contributed by atoms with van der Waals surface area (Å²) in [5.41, 5.74) is 1.12. The van der Waals surface area contributed by atoms with Crippen LogP contribution in [-0.2, 0) is 0 Å². The number of imide groups is 1. The first-order valence-electron chi connectivity index (χ1n) is 6.10. The highest BCUT2D eigenvalue weighted by molar-refractivity contribution is 7.17. The number of rotatable bonds is 3. The van der Waals surface area contributed by atoms with Gasteiger partial charge in [0.15, 0.2) is 0 Å². The molecule has 0 spiro atoms. The average Bonchev–Trinajstić information content (AvgIpc) is 2.91. The first-order valence-corrected chi connectivity index (χ1v) is 6.97. The first-order chi connectivity index (χ1) is 8.72. The lowest BCUT2D eigenvalue weighted by Gasteiger charge is -2.12. The van der Waals surface area contributed by atoms with Crippen molar-refractivity contribution in [3.05, 3.63) is 34.7 Å². The number of amides is 2. The van der Waals surface area contributed by atoms with Crippen LogP contribution in [0.2, 0.25) is 0 Å². The van der Waals surface area contributed by atoms with Crippen molar-refractivity contribution in [1.82, 2.24) is 4.90 Å². The van der Waals surface area contributed by atoms with Crippen molar-refractivity contribution >= 4 is 33.2 Å². The molecule has 0 atom stereocenters. The molecular weight excluding hydrogens is 246 g/mol. The Labute approximate surface area is 109 Å². The highest BCUT2D eigenvalue weighted by atomic mass is 32.1. The minimum Gasteiger partial charge on any atom is -0.274 e. The average molecular weight is 259 g/mol. The zero-order chi connectivity index (χ0) is 12.7. The maximum Gasteiger partial charge on any atom is 0.261 e. The summed E-state index contributed by atoms with van der Waals surface area (Å²) in [6.07, 6.45) is 1.84. The van der Waals surface area contributed by atoms with Gasteiger partial charge < -0.3 is 0 Å². The number of hydrogen-bond donors (Lipinski definition) is 0. The van der Waals surface area contributed by atoms with Crippen LogP contribution >= 0.6 is 11.3 Å². The molecule has 3 rings (SSSR count). The van der Waals surface area contributed by atoms with Crippen LogP contribution in [-0.4, -0.2) is 23.3 Å². The minimum atomic E-state index is -0.142. The molecule has 1 aromatic carbocycles. The maximum atomic E-state index is 12.2. The molecule has 0 saturated heterocycles. The molecule has 1 aliphatic heterocycles. The molecule has 0 aliphatic carbocycles. The van der Waals surface area contributed by atoms with Crippen LogP contribution in [0.1, 0.15) is 40.5 Å². The summed E-state index contributed by atoms with van der Waals surface area (Å²) in [4.78, 5) is 25.7. The van der Waals surface area contributed by atoms with Gasteiger partial charge in [0.1, 0.15) is 0 Å². The molecule has 2 aromatic rings. The highest BCUT2D eigenvalue weighted by Crippen LogP contribution is 2.30. The molecule has 0 bridgehead atoms. The van der Waals surface area contributed by atoms with Crippen LogP contribution in [0.4, 0.5) is 0 Å². The van der Waals surface area contributed by atoms with E-state index in [9.17, 15) is 9.59 Å². The Hall–Kier alpha value is -1.68. The Kier molecular flexibility index (Phi) is 2.67. The third-order valence-corrected chi connectivity index (χ3v) is 4.16. The summed E-state index contributed by atoms with van der Waals surface area (Å²) in [5.74, 6) is -0.282. The molecule has 18 heavy (non-hydrogen) atoms. The number of unbranched alkanes of at least 4 members (excludes halogenated alkanes) is 1. The van der Waals surface area contributed by atoms with Crippen LogP contribution in [0.25, 0.3) is 10.1 Å². The van der Waals surface area contributed by atoms with Gasteiger partial charge in [-0.15, -0.1) is 11.3 Å². The Morgan fingerprint density at radius 1 is 1.17 bits per heavy atom. The van der Waals surface area contributed by atoms with Crippen LogP contribution in [0.5, 0.6) is 0 Å². The van der Waals surface area contributed by atoms with Gasteiger partial charge in [0.25, 0.3) is 11.8 Å². The molecule has 4 heteroatoms. The van der Waals surface area contributed by atoms with Gasteiger partial charge >= 0.3 is 0 Å². The zero-order valence-corrected chi connectivity index (χ0v) is 10.9. The van der Waals surface area contributed by atoms with Crippen molar-refractivity contribution in [3.63, 3.8) is 0 Å². The third kappa shape index (κ3) is 1.56. The van der Waals surface area contributed by atoms with Crippen molar-refractivity contribution < 1.29 is 9.59 Å². The van der Waals surface area contributed by atoms with Crippen molar-refractivity contribution in [1.29, 1.82) is 0 Å². The lowest BCUT2D eigenvalue weighted by Crippen LogP contribution is -2.30. The molecule has 1 aromatic heterocycles. The molecule has 0 unspecified atom stereocenters. The zero-order valence-electron chi connectivity index (χ0n) is 10.1. The molecule has 0 saturated carbocycles. The second-order valence-corrected chi connectivity index (χ2v) is 5.42. The number of carbonyl (C=O) groups is 2. The largest absolute Gasteiger partial charge is 0.274 e. The van der Waals surface area contributed by atoms with Crippen LogP contribution in [0.15, 0.2) is 23.6 Å². The van der Waals surface area contributed by atoms with E-state index in [2.05, 4.69) is 0 Å². The molecule has 92 valence electrons. The molecule has 1 aliphatic rings. The van der Waals surface area contributed by atoms with Crippen molar-refractivity contribution in [3.8, 4) is 0 Å². The topological polar surface area (TPSA) is 37.4 Å². The second-order valence-electron chi connectivity index (χ2n) is 4.47. The fraction of sp³-hybridized carbons (Fsp3) is 0.286. The predicted octanol–water partition coefficient (Wildman–Crippen LogP) is 3.30. The van der Waals surface area contributed by atoms with E-state index in [0.29, 0.717) is 17.7 Å². The van der Waals surface area contributed by atoms with Gasteiger partial charge in [0.2, 0.25) is 0 Å². The van der Waals surface area contributed by atoms with Crippen molar-refractivity contribution in [2.45, 2.75) is 19.8 Å². The molecule has 2 heterocycles. The van der Waals surface area contributed by atoms with E-state index in [1.165, 1.54) is 4.90 Å². The minimum absolute atomic E-state index is 0.140. The van der Waals surface area contributed by atoms with Crippen LogP contribution in [0.3, 0.4) is 0 Å². The van der Waals surface area contributed by atoms with E-state index in [1.54, 1.807) is 11.3 Å². The summed E-state index contributed by atoms with van der Waals surface area (Å²) in [5, 5.41) is 3.01. The summed E-state index contributed by atoms with van der Waals surface area (Å²) < 4.78 is 1.06. The van der Waals surface area contributed by atoms with Crippen molar-refractivity contribution in [2.24, 2.45) is 0 Å². The quantitative estimate of drug-likeness (QED) is 0.793. The number of nitrogens with zero attached hydrogens (tertiary/aromatic N) is 1. The van der Waals surface area contributed by atoms with Crippen LogP contribution < -0.4 is 0 Å². The predicted molar refractivity (Wildman–Crippen MR) is 72.1 cm³/mol. The number of fused-ring (bicyclic) bond motifs is 2. The van der Waals surface area contributed by atoms with E-state index in [1.807, 2.05) is 30.5 Å².